The molecule has 106 valence electrons. The summed E-state index contributed by atoms with van der Waals surface area (Å²) in [6.45, 7) is 0. The van der Waals surface area contributed by atoms with Gasteiger partial charge in [0.1, 0.15) is 0 Å². The lowest BCUT2D eigenvalue weighted by atomic mass is 9.84. The highest BCUT2D eigenvalue weighted by atomic mass is 32.2. The van der Waals surface area contributed by atoms with E-state index in [1.807, 2.05) is 0 Å². The molecule has 1 atom stereocenters. The van der Waals surface area contributed by atoms with Crippen molar-refractivity contribution in [2.45, 2.75) is 31.7 Å². The van der Waals surface area contributed by atoms with E-state index in [-0.39, 0.29) is 5.75 Å². The van der Waals surface area contributed by atoms with Gasteiger partial charge in [0.25, 0.3) is 0 Å². The van der Waals surface area contributed by atoms with E-state index in [9.17, 15) is 13.2 Å². The second-order valence-corrected chi connectivity index (χ2v) is 7.66. The minimum atomic E-state index is -3.55. The van der Waals surface area contributed by atoms with Crippen molar-refractivity contribution in [1.29, 1.82) is 0 Å². The molecule has 1 saturated carbocycles. The minimum Gasteiger partial charge on any atom is -0.480 e. The van der Waals surface area contributed by atoms with E-state index in [1.165, 1.54) is 17.8 Å². The summed E-state index contributed by atoms with van der Waals surface area (Å²) < 4.78 is 26.1. The summed E-state index contributed by atoms with van der Waals surface area (Å²) >= 11 is 1.23. The number of rotatable bonds is 7. The van der Waals surface area contributed by atoms with Crippen molar-refractivity contribution in [3.05, 3.63) is 22.4 Å². The minimum absolute atomic E-state index is 0.00677. The maximum absolute atomic E-state index is 11.9. The third-order valence-corrected chi connectivity index (χ3v) is 5.70. The van der Waals surface area contributed by atoms with Crippen LogP contribution in [0, 0.1) is 5.92 Å². The highest BCUT2D eigenvalue weighted by molar-refractivity contribution is 7.89. The quantitative estimate of drug-likeness (QED) is 0.807. The number of sulfonamides is 1. The number of nitrogens with one attached hydrogen (secondary N) is 1. The Morgan fingerprint density at radius 1 is 1.53 bits per heavy atom. The second kappa shape index (κ2) is 6.02. The third kappa shape index (κ3) is 4.02. The van der Waals surface area contributed by atoms with Gasteiger partial charge in [-0.1, -0.05) is 25.3 Å². The molecule has 0 radical (unpaired) electrons. The standard InChI is InChI=1S/C12H17NO4S2/c14-12(15)11(10-5-2-7-18-10)13-19(16,17)8-6-9-3-1-4-9/h2,5,7,9,11,13H,1,3-4,6,8H2,(H,14,15). The predicted octanol–water partition coefficient (Wildman–Crippen LogP) is 1.98. The van der Waals surface area contributed by atoms with Crippen LogP contribution in [0.1, 0.15) is 36.6 Å². The number of thiophene rings is 1. The van der Waals surface area contributed by atoms with Gasteiger partial charge in [-0.25, -0.2) is 8.42 Å². The molecule has 1 aliphatic carbocycles. The van der Waals surface area contributed by atoms with Crippen LogP contribution in [0.5, 0.6) is 0 Å². The SMILES string of the molecule is O=C(O)C(NS(=O)(=O)CCC1CCC1)c1cccs1. The van der Waals surface area contributed by atoms with Crippen LogP contribution < -0.4 is 4.72 Å². The van der Waals surface area contributed by atoms with Crippen LogP contribution in [0.15, 0.2) is 17.5 Å². The molecule has 19 heavy (non-hydrogen) atoms. The molecule has 2 N–H and O–H groups in total. The summed E-state index contributed by atoms with van der Waals surface area (Å²) in [5.41, 5.74) is 0. The fraction of sp³-hybridized carbons (Fsp3) is 0.583. The summed E-state index contributed by atoms with van der Waals surface area (Å²) in [5, 5.41) is 10.9. The van der Waals surface area contributed by atoms with Crippen LogP contribution >= 0.6 is 11.3 Å². The molecule has 5 nitrogen and oxygen atoms in total. The number of hydrogen-bond donors (Lipinski definition) is 2. The highest BCUT2D eigenvalue weighted by Crippen LogP contribution is 2.29. The first-order valence-electron chi connectivity index (χ1n) is 6.24. The first-order valence-corrected chi connectivity index (χ1v) is 8.77. The van der Waals surface area contributed by atoms with E-state index in [0.717, 1.165) is 12.8 Å². The van der Waals surface area contributed by atoms with Crippen molar-refractivity contribution < 1.29 is 18.3 Å². The average molecular weight is 303 g/mol. The molecule has 0 spiro atoms. The van der Waals surface area contributed by atoms with E-state index in [0.29, 0.717) is 17.2 Å². The highest BCUT2D eigenvalue weighted by Gasteiger charge is 2.27. The van der Waals surface area contributed by atoms with Crippen molar-refractivity contribution in [2.75, 3.05) is 5.75 Å². The van der Waals surface area contributed by atoms with E-state index < -0.39 is 22.0 Å². The molecule has 2 rings (SSSR count). The zero-order chi connectivity index (χ0) is 13.9. The molecule has 0 saturated heterocycles. The molecule has 1 fully saturated rings. The van der Waals surface area contributed by atoms with Gasteiger partial charge in [-0.2, -0.15) is 4.72 Å². The average Bonchev–Trinajstić information content (AvgIpc) is 2.76. The molecule has 0 aromatic carbocycles. The fourth-order valence-electron chi connectivity index (χ4n) is 2.03. The molecule has 1 aliphatic rings. The second-order valence-electron chi connectivity index (χ2n) is 4.81. The largest absolute Gasteiger partial charge is 0.480 e. The molecule has 0 bridgehead atoms. The first-order chi connectivity index (χ1) is 8.98. The zero-order valence-corrected chi connectivity index (χ0v) is 12.0. The summed E-state index contributed by atoms with van der Waals surface area (Å²) in [6.07, 6.45) is 3.96. The lowest BCUT2D eigenvalue weighted by Gasteiger charge is -2.25. The van der Waals surface area contributed by atoms with Gasteiger partial charge in [-0.3, -0.25) is 4.79 Å². The smallest absolute Gasteiger partial charge is 0.327 e. The number of carboxylic acids is 1. The van der Waals surface area contributed by atoms with Crippen molar-refractivity contribution in [3.8, 4) is 0 Å². The van der Waals surface area contributed by atoms with E-state index >= 15 is 0 Å². The van der Waals surface area contributed by atoms with Gasteiger partial charge < -0.3 is 5.11 Å². The van der Waals surface area contributed by atoms with Gasteiger partial charge in [-0.05, 0) is 23.8 Å². The van der Waals surface area contributed by atoms with Gasteiger partial charge in [-0.15, -0.1) is 11.3 Å². The maximum Gasteiger partial charge on any atom is 0.327 e. The fourth-order valence-corrected chi connectivity index (χ4v) is 4.22. The van der Waals surface area contributed by atoms with Crippen molar-refractivity contribution in [3.63, 3.8) is 0 Å². The Hall–Kier alpha value is -0.920. The van der Waals surface area contributed by atoms with Gasteiger partial charge in [0.2, 0.25) is 10.0 Å². The van der Waals surface area contributed by atoms with E-state index in [4.69, 9.17) is 5.11 Å². The Morgan fingerprint density at radius 2 is 2.26 bits per heavy atom. The predicted molar refractivity (Wildman–Crippen MR) is 73.6 cm³/mol. The zero-order valence-electron chi connectivity index (χ0n) is 10.4. The van der Waals surface area contributed by atoms with Crippen molar-refractivity contribution in [1.82, 2.24) is 4.72 Å². The van der Waals surface area contributed by atoms with Gasteiger partial charge in [0.15, 0.2) is 6.04 Å². The Morgan fingerprint density at radius 3 is 2.74 bits per heavy atom. The van der Waals surface area contributed by atoms with Crippen LogP contribution in [0.2, 0.25) is 0 Å². The van der Waals surface area contributed by atoms with Crippen LogP contribution in [-0.2, 0) is 14.8 Å². The number of carboxylic acid groups (broad SMARTS) is 1. The number of carbonyl (C=O) groups is 1. The van der Waals surface area contributed by atoms with Crippen LogP contribution in [0.3, 0.4) is 0 Å². The summed E-state index contributed by atoms with van der Waals surface area (Å²) in [5.74, 6) is -0.677. The maximum atomic E-state index is 11.9. The number of hydrogen-bond acceptors (Lipinski definition) is 4. The van der Waals surface area contributed by atoms with Gasteiger partial charge >= 0.3 is 5.97 Å². The molecular formula is C12H17NO4S2. The molecule has 1 aromatic heterocycles. The van der Waals surface area contributed by atoms with E-state index in [2.05, 4.69) is 4.72 Å². The molecule has 1 aromatic rings. The lowest BCUT2D eigenvalue weighted by Crippen LogP contribution is -2.35. The van der Waals surface area contributed by atoms with Crippen LogP contribution in [0.4, 0.5) is 0 Å². The topological polar surface area (TPSA) is 83.5 Å². The summed E-state index contributed by atoms with van der Waals surface area (Å²) in [6, 6.07) is 2.16. The molecule has 0 aliphatic heterocycles. The monoisotopic (exact) mass is 303 g/mol. The molecule has 1 unspecified atom stereocenters. The molecule has 1 heterocycles. The van der Waals surface area contributed by atoms with Crippen molar-refractivity contribution >= 4 is 27.3 Å². The molecular weight excluding hydrogens is 286 g/mol. The van der Waals surface area contributed by atoms with Gasteiger partial charge in [0, 0.05) is 4.88 Å². The third-order valence-electron chi connectivity index (χ3n) is 3.39. The summed E-state index contributed by atoms with van der Waals surface area (Å²) in [4.78, 5) is 11.7. The lowest BCUT2D eigenvalue weighted by molar-refractivity contribution is -0.139. The van der Waals surface area contributed by atoms with Crippen LogP contribution in [-0.4, -0.2) is 25.2 Å². The van der Waals surface area contributed by atoms with Gasteiger partial charge in [0.05, 0.1) is 5.75 Å². The molecule has 0 amide bonds. The normalized spacial score (nSPS) is 17.9. The number of aliphatic carboxylic acids is 1. The van der Waals surface area contributed by atoms with Crippen LogP contribution in [0.25, 0.3) is 0 Å². The first kappa shape index (κ1) is 14.5. The van der Waals surface area contributed by atoms with Crippen molar-refractivity contribution in [2.24, 2.45) is 5.92 Å². The molecule has 7 heteroatoms. The summed E-state index contributed by atoms with van der Waals surface area (Å²) in [7, 11) is -3.55. The Bertz CT molecular complexity index is 520. The Labute approximate surface area is 116 Å². The Balaban J connectivity index is 1.97. The Kier molecular flexibility index (Phi) is 4.59. The van der Waals surface area contributed by atoms with E-state index in [1.54, 1.807) is 17.5 Å².